The zero-order chi connectivity index (χ0) is 24.0. The fraction of sp³-hybridized carbons (Fsp3) is 0.517. The van der Waals surface area contributed by atoms with Crippen LogP contribution in [-0.4, -0.2) is 29.1 Å². The average Bonchev–Trinajstić information content (AvgIpc) is 3.22. The molecular formula is C29H41N3O2. The van der Waals surface area contributed by atoms with Crippen molar-refractivity contribution in [3.05, 3.63) is 59.9 Å². The van der Waals surface area contributed by atoms with E-state index in [1.807, 2.05) is 18.2 Å². The zero-order valence-electron chi connectivity index (χ0n) is 21.0. The second-order valence-corrected chi connectivity index (χ2v) is 9.06. The van der Waals surface area contributed by atoms with Gasteiger partial charge in [0.25, 0.3) is 5.91 Å². The van der Waals surface area contributed by atoms with Crippen LogP contribution in [0.2, 0.25) is 0 Å². The number of para-hydroxylation sites is 3. The van der Waals surface area contributed by atoms with E-state index >= 15 is 0 Å². The number of benzene rings is 2. The van der Waals surface area contributed by atoms with E-state index in [0.29, 0.717) is 24.3 Å². The maximum atomic E-state index is 12.6. The predicted molar refractivity (Wildman–Crippen MR) is 141 cm³/mol. The topological polar surface area (TPSA) is 56.2 Å². The first kappa shape index (κ1) is 25.8. The van der Waals surface area contributed by atoms with Crippen molar-refractivity contribution in [1.82, 2.24) is 14.9 Å². The van der Waals surface area contributed by atoms with E-state index in [0.717, 1.165) is 24.3 Å². The van der Waals surface area contributed by atoms with E-state index in [9.17, 15) is 4.79 Å². The van der Waals surface area contributed by atoms with Crippen LogP contribution in [0.3, 0.4) is 0 Å². The number of hydrogen-bond acceptors (Lipinski definition) is 3. The van der Waals surface area contributed by atoms with Crippen LogP contribution in [0.4, 0.5) is 0 Å². The standard InChI is InChI=1S/C29H41N3O2/c1-3-4-5-6-7-8-9-10-11-16-23-32-26-19-14-13-18-25(26)31-28(32)21-22-30-29(33)24-17-12-15-20-27(24)34-2/h12-15,17-20H,3-11,16,21-23H2,1-2H3,(H,30,33). The Kier molecular flexibility index (Phi) is 11.0. The van der Waals surface area contributed by atoms with Gasteiger partial charge in [0.05, 0.1) is 23.7 Å². The second kappa shape index (κ2) is 14.4. The summed E-state index contributed by atoms with van der Waals surface area (Å²) in [5, 5.41) is 3.03. The lowest BCUT2D eigenvalue weighted by atomic mass is 10.1. The van der Waals surface area contributed by atoms with Crippen LogP contribution in [0.25, 0.3) is 11.0 Å². The molecule has 5 heteroatoms. The summed E-state index contributed by atoms with van der Waals surface area (Å²) in [5.41, 5.74) is 2.77. The van der Waals surface area contributed by atoms with Gasteiger partial charge in [-0.2, -0.15) is 0 Å². The SMILES string of the molecule is CCCCCCCCCCCCn1c(CCNC(=O)c2ccccc2OC)nc2ccccc21. The van der Waals surface area contributed by atoms with Crippen molar-refractivity contribution < 1.29 is 9.53 Å². The predicted octanol–water partition coefficient (Wildman–Crippen LogP) is 6.94. The number of ether oxygens (including phenoxy) is 1. The molecule has 34 heavy (non-hydrogen) atoms. The molecule has 184 valence electrons. The van der Waals surface area contributed by atoms with Gasteiger partial charge in [0, 0.05) is 19.5 Å². The molecule has 0 unspecified atom stereocenters. The van der Waals surface area contributed by atoms with Crippen LogP contribution in [0.5, 0.6) is 5.75 Å². The summed E-state index contributed by atoms with van der Waals surface area (Å²) < 4.78 is 7.66. The lowest BCUT2D eigenvalue weighted by Crippen LogP contribution is -2.27. The number of rotatable bonds is 16. The molecule has 1 amide bonds. The molecular weight excluding hydrogens is 422 g/mol. The molecule has 1 heterocycles. The third-order valence-electron chi connectivity index (χ3n) is 6.45. The van der Waals surface area contributed by atoms with Crippen molar-refractivity contribution >= 4 is 16.9 Å². The molecule has 0 bridgehead atoms. The minimum Gasteiger partial charge on any atom is -0.496 e. The van der Waals surface area contributed by atoms with E-state index in [1.165, 1.54) is 63.3 Å². The Bertz CT molecular complexity index is 1010. The van der Waals surface area contributed by atoms with Gasteiger partial charge in [-0.25, -0.2) is 4.98 Å². The summed E-state index contributed by atoms with van der Waals surface area (Å²) in [6.45, 7) is 3.79. The lowest BCUT2D eigenvalue weighted by Gasteiger charge is -2.11. The molecule has 0 fully saturated rings. The van der Waals surface area contributed by atoms with Gasteiger partial charge in [-0.15, -0.1) is 0 Å². The van der Waals surface area contributed by atoms with Crippen molar-refractivity contribution in [2.24, 2.45) is 0 Å². The average molecular weight is 464 g/mol. The molecule has 0 saturated heterocycles. The van der Waals surface area contributed by atoms with Gasteiger partial charge in [-0.1, -0.05) is 89.0 Å². The molecule has 0 atom stereocenters. The first-order chi connectivity index (χ1) is 16.7. The Morgan fingerprint density at radius 3 is 2.26 bits per heavy atom. The summed E-state index contributed by atoms with van der Waals surface area (Å²) in [6, 6.07) is 15.6. The minimum atomic E-state index is -0.116. The number of fused-ring (bicyclic) bond motifs is 1. The van der Waals surface area contributed by atoms with Crippen LogP contribution in [0.1, 0.15) is 87.3 Å². The van der Waals surface area contributed by atoms with Gasteiger partial charge < -0.3 is 14.6 Å². The number of aryl methyl sites for hydroxylation is 1. The molecule has 0 aliphatic carbocycles. The van der Waals surface area contributed by atoms with E-state index in [-0.39, 0.29) is 5.91 Å². The van der Waals surface area contributed by atoms with E-state index < -0.39 is 0 Å². The van der Waals surface area contributed by atoms with Crippen LogP contribution < -0.4 is 10.1 Å². The summed E-state index contributed by atoms with van der Waals surface area (Å²) in [7, 11) is 1.59. The molecule has 0 aliphatic heterocycles. The number of carbonyl (C=O) groups excluding carboxylic acids is 1. The number of carbonyl (C=O) groups is 1. The molecule has 0 saturated carbocycles. The quantitative estimate of drug-likeness (QED) is 0.234. The van der Waals surface area contributed by atoms with Gasteiger partial charge >= 0.3 is 0 Å². The molecule has 3 aromatic rings. The molecule has 0 spiro atoms. The van der Waals surface area contributed by atoms with Gasteiger partial charge in [0.2, 0.25) is 0 Å². The number of methoxy groups -OCH3 is 1. The Balaban J connectivity index is 1.48. The van der Waals surface area contributed by atoms with Gasteiger partial charge in [-0.05, 0) is 30.7 Å². The highest BCUT2D eigenvalue weighted by molar-refractivity contribution is 5.96. The molecule has 1 aromatic heterocycles. The second-order valence-electron chi connectivity index (χ2n) is 9.06. The molecule has 2 aromatic carbocycles. The number of aromatic nitrogens is 2. The van der Waals surface area contributed by atoms with Gasteiger partial charge in [0.15, 0.2) is 0 Å². The van der Waals surface area contributed by atoms with Crippen molar-refractivity contribution in [2.75, 3.05) is 13.7 Å². The monoisotopic (exact) mass is 463 g/mol. The van der Waals surface area contributed by atoms with E-state index in [2.05, 4.69) is 35.0 Å². The van der Waals surface area contributed by atoms with E-state index in [1.54, 1.807) is 19.2 Å². The molecule has 3 rings (SSSR count). The first-order valence-corrected chi connectivity index (χ1v) is 13.1. The van der Waals surface area contributed by atoms with Crippen LogP contribution in [0, 0.1) is 0 Å². The molecule has 1 N–H and O–H groups in total. The third kappa shape index (κ3) is 7.61. The normalized spacial score (nSPS) is 11.1. The largest absolute Gasteiger partial charge is 0.496 e. The van der Waals surface area contributed by atoms with Crippen molar-refractivity contribution in [2.45, 2.75) is 84.1 Å². The number of amides is 1. The van der Waals surface area contributed by atoms with Crippen molar-refractivity contribution in [3.63, 3.8) is 0 Å². The third-order valence-corrected chi connectivity index (χ3v) is 6.45. The number of hydrogen-bond donors (Lipinski definition) is 1. The van der Waals surface area contributed by atoms with Crippen LogP contribution in [-0.2, 0) is 13.0 Å². The fourth-order valence-corrected chi connectivity index (χ4v) is 4.54. The van der Waals surface area contributed by atoms with Crippen LogP contribution >= 0.6 is 0 Å². The number of nitrogens with zero attached hydrogens (tertiary/aromatic N) is 2. The summed E-state index contributed by atoms with van der Waals surface area (Å²) in [4.78, 5) is 17.5. The number of nitrogens with one attached hydrogen (secondary N) is 1. The summed E-state index contributed by atoms with van der Waals surface area (Å²) in [5.74, 6) is 1.51. The highest BCUT2D eigenvalue weighted by Gasteiger charge is 2.13. The van der Waals surface area contributed by atoms with Crippen LogP contribution in [0.15, 0.2) is 48.5 Å². The maximum Gasteiger partial charge on any atom is 0.255 e. The Morgan fingerprint density at radius 1 is 0.882 bits per heavy atom. The highest BCUT2D eigenvalue weighted by Crippen LogP contribution is 2.19. The molecule has 0 radical (unpaired) electrons. The van der Waals surface area contributed by atoms with E-state index in [4.69, 9.17) is 9.72 Å². The number of imidazole rings is 1. The van der Waals surface area contributed by atoms with Gasteiger partial charge in [0.1, 0.15) is 11.6 Å². The first-order valence-electron chi connectivity index (χ1n) is 13.1. The molecule has 0 aliphatic rings. The lowest BCUT2D eigenvalue weighted by molar-refractivity contribution is 0.0951. The zero-order valence-corrected chi connectivity index (χ0v) is 21.0. The fourth-order valence-electron chi connectivity index (χ4n) is 4.54. The summed E-state index contributed by atoms with van der Waals surface area (Å²) in [6.07, 6.45) is 14.0. The number of unbranched alkanes of at least 4 members (excludes halogenated alkanes) is 9. The Morgan fingerprint density at radius 2 is 1.53 bits per heavy atom. The molecule has 5 nitrogen and oxygen atoms in total. The Hall–Kier alpha value is -2.82. The van der Waals surface area contributed by atoms with Crippen molar-refractivity contribution in [1.29, 1.82) is 0 Å². The maximum absolute atomic E-state index is 12.6. The summed E-state index contributed by atoms with van der Waals surface area (Å²) >= 11 is 0. The van der Waals surface area contributed by atoms with Gasteiger partial charge in [-0.3, -0.25) is 4.79 Å². The Labute approximate surface area is 204 Å². The van der Waals surface area contributed by atoms with Crippen molar-refractivity contribution in [3.8, 4) is 5.75 Å². The minimum absolute atomic E-state index is 0.116. The highest BCUT2D eigenvalue weighted by atomic mass is 16.5. The smallest absolute Gasteiger partial charge is 0.255 e.